The fourth-order valence-corrected chi connectivity index (χ4v) is 3.20. The van der Waals surface area contributed by atoms with Gasteiger partial charge in [-0.25, -0.2) is 4.98 Å². The van der Waals surface area contributed by atoms with Crippen LogP contribution < -0.4 is 10.1 Å². The molecule has 0 aliphatic rings. The first kappa shape index (κ1) is 16.2. The van der Waals surface area contributed by atoms with E-state index in [9.17, 15) is 4.79 Å². The molecule has 0 saturated carbocycles. The SMILES string of the molecule is CCOc1ccc(NC(=O)c2sc(C)nc2-c2ccccc2)cc1. The van der Waals surface area contributed by atoms with E-state index < -0.39 is 0 Å². The zero-order valence-corrected chi connectivity index (χ0v) is 14.4. The Hall–Kier alpha value is -2.66. The van der Waals surface area contributed by atoms with Gasteiger partial charge in [0.15, 0.2) is 0 Å². The average molecular weight is 338 g/mol. The zero-order valence-electron chi connectivity index (χ0n) is 13.6. The number of carbonyl (C=O) groups is 1. The lowest BCUT2D eigenvalue weighted by Gasteiger charge is -2.07. The molecule has 1 amide bonds. The molecule has 0 spiro atoms. The van der Waals surface area contributed by atoms with Crippen molar-refractivity contribution in [2.24, 2.45) is 0 Å². The Kier molecular flexibility index (Phi) is 4.91. The van der Waals surface area contributed by atoms with E-state index in [1.54, 1.807) is 0 Å². The topological polar surface area (TPSA) is 51.2 Å². The highest BCUT2D eigenvalue weighted by Gasteiger charge is 2.18. The number of thiazole rings is 1. The van der Waals surface area contributed by atoms with Gasteiger partial charge in [-0.2, -0.15) is 0 Å². The summed E-state index contributed by atoms with van der Waals surface area (Å²) in [5.41, 5.74) is 2.40. The molecule has 1 heterocycles. The number of nitrogens with one attached hydrogen (secondary N) is 1. The van der Waals surface area contributed by atoms with E-state index >= 15 is 0 Å². The van der Waals surface area contributed by atoms with E-state index in [-0.39, 0.29) is 5.91 Å². The van der Waals surface area contributed by atoms with E-state index in [1.165, 1.54) is 11.3 Å². The summed E-state index contributed by atoms with van der Waals surface area (Å²) in [6, 6.07) is 17.1. The lowest BCUT2D eigenvalue weighted by Crippen LogP contribution is -2.11. The van der Waals surface area contributed by atoms with Crippen molar-refractivity contribution in [3.05, 3.63) is 64.5 Å². The van der Waals surface area contributed by atoms with Crippen molar-refractivity contribution in [2.75, 3.05) is 11.9 Å². The second-order valence-corrected chi connectivity index (χ2v) is 6.39. The van der Waals surface area contributed by atoms with Crippen molar-refractivity contribution >= 4 is 22.9 Å². The van der Waals surface area contributed by atoms with Gasteiger partial charge in [-0.1, -0.05) is 30.3 Å². The van der Waals surface area contributed by atoms with Crippen LogP contribution in [0.25, 0.3) is 11.3 Å². The molecule has 1 aromatic heterocycles. The van der Waals surface area contributed by atoms with Crippen molar-refractivity contribution < 1.29 is 9.53 Å². The number of hydrogen-bond donors (Lipinski definition) is 1. The van der Waals surface area contributed by atoms with Crippen molar-refractivity contribution in [3.63, 3.8) is 0 Å². The fraction of sp³-hybridized carbons (Fsp3) is 0.158. The number of amides is 1. The lowest BCUT2D eigenvalue weighted by molar-refractivity contribution is 0.103. The molecule has 3 aromatic rings. The number of carbonyl (C=O) groups excluding carboxylic acids is 1. The maximum atomic E-state index is 12.7. The molecule has 5 heteroatoms. The third kappa shape index (κ3) is 3.63. The van der Waals surface area contributed by atoms with Crippen LogP contribution in [0.15, 0.2) is 54.6 Å². The predicted octanol–water partition coefficient (Wildman–Crippen LogP) is 4.77. The largest absolute Gasteiger partial charge is 0.494 e. The van der Waals surface area contributed by atoms with Gasteiger partial charge in [-0.15, -0.1) is 11.3 Å². The lowest BCUT2D eigenvalue weighted by atomic mass is 10.1. The van der Waals surface area contributed by atoms with Crippen molar-refractivity contribution in [1.29, 1.82) is 0 Å². The minimum atomic E-state index is -0.149. The standard InChI is InChI=1S/C19H18N2O2S/c1-3-23-16-11-9-15(10-12-16)21-19(22)18-17(20-13(2)24-18)14-7-5-4-6-8-14/h4-12H,3H2,1-2H3,(H,21,22). The van der Waals surface area contributed by atoms with Crippen LogP contribution in [0.1, 0.15) is 21.6 Å². The highest BCUT2D eigenvalue weighted by atomic mass is 32.1. The smallest absolute Gasteiger partial charge is 0.268 e. The molecule has 24 heavy (non-hydrogen) atoms. The molecule has 0 radical (unpaired) electrons. The monoisotopic (exact) mass is 338 g/mol. The minimum Gasteiger partial charge on any atom is -0.494 e. The van der Waals surface area contributed by atoms with Crippen molar-refractivity contribution in [2.45, 2.75) is 13.8 Å². The van der Waals surface area contributed by atoms with Gasteiger partial charge >= 0.3 is 0 Å². The van der Waals surface area contributed by atoms with E-state index in [4.69, 9.17) is 4.74 Å². The van der Waals surface area contributed by atoms with E-state index in [0.717, 1.165) is 27.7 Å². The molecule has 3 rings (SSSR count). The Morgan fingerprint density at radius 2 is 1.83 bits per heavy atom. The summed E-state index contributed by atoms with van der Waals surface area (Å²) in [5, 5.41) is 3.79. The number of hydrogen-bond acceptors (Lipinski definition) is 4. The summed E-state index contributed by atoms with van der Waals surface area (Å²) in [4.78, 5) is 17.8. The maximum absolute atomic E-state index is 12.7. The van der Waals surface area contributed by atoms with Crippen LogP contribution in [-0.4, -0.2) is 17.5 Å². The Morgan fingerprint density at radius 1 is 1.12 bits per heavy atom. The van der Waals surface area contributed by atoms with E-state index in [2.05, 4.69) is 10.3 Å². The minimum absolute atomic E-state index is 0.149. The van der Waals surface area contributed by atoms with Gasteiger partial charge in [0.2, 0.25) is 0 Å². The third-order valence-corrected chi connectivity index (χ3v) is 4.38. The van der Waals surface area contributed by atoms with Crippen LogP contribution >= 0.6 is 11.3 Å². The second-order valence-electron chi connectivity index (χ2n) is 5.19. The summed E-state index contributed by atoms with van der Waals surface area (Å²) in [5.74, 6) is 0.637. The Morgan fingerprint density at radius 3 is 2.50 bits per heavy atom. The van der Waals surface area contributed by atoms with E-state index in [0.29, 0.717) is 11.5 Å². The first-order valence-electron chi connectivity index (χ1n) is 7.74. The van der Waals surface area contributed by atoms with Crippen LogP contribution in [0, 0.1) is 6.92 Å². The van der Waals surface area contributed by atoms with Gasteiger partial charge in [-0.05, 0) is 38.1 Å². The molecule has 0 atom stereocenters. The van der Waals surface area contributed by atoms with Crippen LogP contribution in [-0.2, 0) is 0 Å². The molecule has 0 fully saturated rings. The molecule has 1 N–H and O–H groups in total. The van der Waals surface area contributed by atoms with E-state index in [1.807, 2.05) is 68.4 Å². The van der Waals surface area contributed by atoms with Gasteiger partial charge in [0, 0.05) is 11.3 Å². The number of anilines is 1. The summed E-state index contributed by atoms with van der Waals surface area (Å²) >= 11 is 1.40. The third-order valence-electron chi connectivity index (χ3n) is 3.41. The number of aryl methyl sites for hydroxylation is 1. The molecule has 0 aliphatic heterocycles. The molecule has 0 unspecified atom stereocenters. The molecular weight excluding hydrogens is 320 g/mol. The molecule has 0 aliphatic carbocycles. The summed E-state index contributed by atoms with van der Waals surface area (Å²) in [6.07, 6.45) is 0. The van der Waals surface area contributed by atoms with Gasteiger partial charge in [-0.3, -0.25) is 4.79 Å². The highest BCUT2D eigenvalue weighted by molar-refractivity contribution is 7.14. The van der Waals surface area contributed by atoms with Crippen LogP contribution in [0.5, 0.6) is 5.75 Å². The average Bonchev–Trinajstić information content (AvgIpc) is 3.00. The molecule has 0 bridgehead atoms. The molecule has 4 nitrogen and oxygen atoms in total. The predicted molar refractivity (Wildman–Crippen MR) is 97.9 cm³/mol. The highest BCUT2D eigenvalue weighted by Crippen LogP contribution is 2.29. The number of benzene rings is 2. The second kappa shape index (κ2) is 7.27. The maximum Gasteiger partial charge on any atom is 0.268 e. The normalized spacial score (nSPS) is 10.4. The van der Waals surface area contributed by atoms with Crippen molar-refractivity contribution in [3.8, 4) is 17.0 Å². The summed E-state index contributed by atoms with van der Waals surface area (Å²) in [6.45, 7) is 4.46. The number of rotatable bonds is 5. The first-order chi connectivity index (χ1) is 11.7. The summed E-state index contributed by atoms with van der Waals surface area (Å²) in [7, 11) is 0. The van der Waals surface area contributed by atoms with Gasteiger partial charge < -0.3 is 10.1 Å². The first-order valence-corrected chi connectivity index (χ1v) is 8.56. The van der Waals surface area contributed by atoms with Crippen LogP contribution in [0.2, 0.25) is 0 Å². The van der Waals surface area contributed by atoms with Gasteiger partial charge in [0.1, 0.15) is 10.6 Å². The number of ether oxygens (including phenoxy) is 1. The Labute approximate surface area is 145 Å². The van der Waals surface area contributed by atoms with Crippen molar-refractivity contribution in [1.82, 2.24) is 4.98 Å². The van der Waals surface area contributed by atoms with Gasteiger partial charge in [0.25, 0.3) is 5.91 Å². The van der Waals surface area contributed by atoms with Gasteiger partial charge in [0.05, 0.1) is 17.3 Å². The number of aromatic nitrogens is 1. The quantitative estimate of drug-likeness (QED) is 0.729. The molecule has 2 aromatic carbocycles. The fourth-order valence-electron chi connectivity index (χ4n) is 2.36. The van der Waals surface area contributed by atoms with Crippen LogP contribution in [0.3, 0.4) is 0 Å². The summed E-state index contributed by atoms with van der Waals surface area (Å²) < 4.78 is 5.41. The number of nitrogens with zero attached hydrogens (tertiary/aromatic N) is 1. The Balaban J connectivity index is 1.83. The Bertz CT molecular complexity index is 826. The molecular formula is C19H18N2O2S. The molecule has 0 saturated heterocycles. The molecule has 122 valence electrons. The van der Waals surface area contributed by atoms with Crippen LogP contribution in [0.4, 0.5) is 5.69 Å². The zero-order chi connectivity index (χ0) is 16.9.